The van der Waals surface area contributed by atoms with Crippen LogP contribution in [0.15, 0.2) is 0 Å². The average molecular weight is 201 g/mol. The molecule has 0 aromatic rings. The smallest absolute Gasteiger partial charge is 0.473 e. The molecule has 6 heteroatoms. The number of hydrogen-bond acceptors (Lipinski definition) is 2. The molecule has 5 nitrogen and oxygen atoms in total. The molecule has 0 aliphatic carbocycles. The van der Waals surface area contributed by atoms with Gasteiger partial charge in [0, 0.05) is 0 Å². The molecule has 0 saturated heterocycles. The summed E-state index contributed by atoms with van der Waals surface area (Å²) in [4.78, 5) is 18.2. The monoisotopic (exact) mass is 201 g/mol. The van der Waals surface area contributed by atoms with Crippen LogP contribution in [0.1, 0.15) is 0 Å². The maximum absolute atomic E-state index is 9.10. The van der Waals surface area contributed by atoms with E-state index in [-0.39, 0.29) is 28.5 Å². The molecule has 0 spiro atoms. The van der Waals surface area contributed by atoms with Crippen molar-refractivity contribution in [3.05, 3.63) is 0 Å². The molecule has 0 aromatic heterocycles. The van der Waals surface area contributed by atoms with Crippen LogP contribution in [0, 0.1) is 0 Å². The van der Waals surface area contributed by atoms with E-state index in [0.29, 0.717) is 0 Å². The second-order valence-electron chi connectivity index (χ2n) is 0.610. The van der Waals surface area contributed by atoms with Crippen molar-refractivity contribution in [2.75, 3.05) is 0 Å². The first-order valence-electron chi connectivity index (χ1n) is 1.11. The topological polar surface area (TPSA) is 111 Å². The Hall–Kier alpha value is -0.360. The van der Waals surface area contributed by atoms with Crippen molar-refractivity contribution in [1.29, 1.82) is 0 Å². The van der Waals surface area contributed by atoms with Gasteiger partial charge < -0.3 is 16.4 Å². The van der Waals surface area contributed by atoms with Crippen LogP contribution in [0.3, 0.4) is 0 Å². The van der Waals surface area contributed by atoms with Crippen LogP contribution in [0.25, 0.3) is 0 Å². The Morgan fingerprint density at radius 2 is 1.12 bits per heavy atom. The van der Waals surface area contributed by atoms with E-state index in [0.717, 1.165) is 0 Å². The molecule has 0 saturated carbocycles. The molecule has 0 heterocycles. The van der Waals surface area contributed by atoms with E-state index in [1.54, 1.807) is 0 Å². The van der Waals surface area contributed by atoms with Gasteiger partial charge in [0.2, 0.25) is 0 Å². The molecule has 6 N–H and O–H groups in total. The first-order chi connectivity index (χ1) is 2.64. The van der Waals surface area contributed by atoms with Gasteiger partial charge in [-0.1, -0.05) is 0 Å². The number of hydrogen-bond donors (Lipinski definition) is 3. The van der Waals surface area contributed by atoms with Crippen LogP contribution in [-0.4, -0.2) is 22.2 Å². The van der Waals surface area contributed by atoms with Gasteiger partial charge in [0.25, 0.3) is 0 Å². The zero-order valence-electron chi connectivity index (χ0n) is 4.16. The SMILES string of the molecule is O=C(O)C(=O)O.[NH4+].[Nb+5]. The number of carboxylic acids is 2. The minimum atomic E-state index is -1.82. The van der Waals surface area contributed by atoms with E-state index in [9.17, 15) is 0 Å². The molecule has 0 atom stereocenters. The Balaban J connectivity index is -0.000000125. The van der Waals surface area contributed by atoms with E-state index in [2.05, 4.69) is 0 Å². The molecule has 0 unspecified atom stereocenters. The zero-order chi connectivity index (χ0) is 5.15. The molecule has 42 valence electrons. The van der Waals surface area contributed by atoms with Crippen LogP contribution < -0.4 is 6.15 Å². The van der Waals surface area contributed by atoms with E-state index >= 15 is 0 Å². The van der Waals surface area contributed by atoms with Crippen molar-refractivity contribution in [1.82, 2.24) is 6.15 Å². The maximum atomic E-state index is 9.10. The quantitative estimate of drug-likeness (QED) is 0.363. The Morgan fingerprint density at radius 3 is 1.12 bits per heavy atom. The zero-order valence-corrected chi connectivity index (χ0v) is 6.36. The fourth-order valence-corrected chi connectivity index (χ4v) is 0. The molecule has 0 bridgehead atoms. The third-order valence-electron chi connectivity index (χ3n) is 0.183. The van der Waals surface area contributed by atoms with Crippen molar-refractivity contribution in [3.8, 4) is 0 Å². The van der Waals surface area contributed by atoms with E-state index in [4.69, 9.17) is 19.8 Å². The third kappa shape index (κ3) is 9.16. The molecule has 0 aliphatic rings. The largest absolute Gasteiger partial charge is 5.00 e. The molecular formula is C2H6NNbO4+6. The second kappa shape index (κ2) is 6.64. The van der Waals surface area contributed by atoms with Crippen molar-refractivity contribution in [2.45, 2.75) is 0 Å². The molecule has 0 aliphatic heterocycles. The van der Waals surface area contributed by atoms with Gasteiger partial charge in [0.05, 0.1) is 0 Å². The first kappa shape index (κ1) is 15.6. The van der Waals surface area contributed by atoms with E-state index in [1.807, 2.05) is 0 Å². The molecule has 8 heavy (non-hydrogen) atoms. The fraction of sp³-hybridized carbons (Fsp3) is 0. The van der Waals surface area contributed by atoms with E-state index < -0.39 is 11.9 Å². The number of rotatable bonds is 0. The summed E-state index contributed by atoms with van der Waals surface area (Å²) in [6.45, 7) is 0. The fourth-order valence-electron chi connectivity index (χ4n) is 0. The Morgan fingerprint density at radius 1 is 1.00 bits per heavy atom. The molecule has 0 rings (SSSR count). The minimum absolute atomic E-state index is 0. The Labute approximate surface area is 60.8 Å². The van der Waals surface area contributed by atoms with Gasteiger partial charge in [-0.25, -0.2) is 9.59 Å². The first-order valence-corrected chi connectivity index (χ1v) is 1.11. The molecule has 0 radical (unpaired) electrons. The Kier molecular flexibility index (Phi) is 13.0. The summed E-state index contributed by atoms with van der Waals surface area (Å²) in [5, 5.41) is 14.8. The van der Waals surface area contributed by atoms with Crippen LogP contribution in [-0.2, 0) is 32.0 Å². The van der Waals surface area contributed by atoms with Crippen LogP contribution in [0.4, 0.5) is 0 Å². The predicted molar refractivity (Wildman–Crippen MR) is 21.3 cm³/mol. The van der Waals surface area contributed by atoms with Crippen molar-refractivity contribution in [2.24, 2.45) is 0 Å². The Bertz CT molecular complexity index is 80.0. The van der Waals surface area contributed by atoms with Gasteiger partial charge >= 0.3 is 34.3 Å². The molecular weight excluding hydrogens is 195 g/mol. The summed E-state index contributed by atoms with van der Waals surface area (Å²) in [7, 11) is 0. The average Bonchev–Trinajstić information content (AvgIpc) is 1.36. The number of aliphatic carboxylic acids is 2. The summed E-state index contributed by atoms with van der Waals surface area (Å²) in [5.74, 6) is -3.65. The molecule has 0 amide bonds. The summed E-state index contributed by atoms with van der Waals surface area (Å²) >= 11 is 0. The summed E-state index contributed by atoms with van der Waals surface area (Å²) in [5.41, 5.74) is 0. The number of carboxylic acid groups (broad SMARTS) is 2. The van der Waals surface area contributed by atoms with Crippen LogP contribution in [0.2, 0.25) is 0 Å². The number of carbonyl (C=O) groups is 2. The second-order valence-corrected chi connectivity index (χ2v) is 0.610. The minimum Gasteiger partial charge on any atom is -0.473 e. The van der Waals surface area contributed by atoms with Gasteiger partial charge in [-0.2, -0.15) is 0 Å². The van der Waals surface area contributed by atoms with Gasteiger partial charge in [-0.3, -0.25) is 0 Å². The molecule has 0 fully saturated rings. The van der Waals surface area contributed by atoms with Crippen molar-refractivity contribution >= 4 is 11.9 Å². The van der Waals surface area contributed by atoms with Gasteiger partial charge in [0.15, 0.2) is 0 Å². The standard InChI is InChI=1S/C2H2O4.H3N.Nb/c3-1(4)2(5)6;;/h(H,3,4)(H,5,6);1H3;/q;;+5/p+1. The van der Waals surface area contributed by atoms with Crippen molar-refractivity contribution in [3.63, 3.8) is 0 Å². The summed E-state index contributed by atoms with van der Waals surface area (Å²) in [6.07, 6.45) is 0. The summed E-state index contributed by atoms with van der Waals surface area (Å²) in [6, 6.07) is 0. The van der Waals surface area contributed by atoms with Crippen molar-refractivity contribution < 1.29 is 42.2 Å². The maximum Gasteiger partial charge on any atom is 5.00 e. The van der Waals surface area contributed by atoms with Gasteiger partial charge in [0.1, 0.15) is 0 Å². The summed E-state index contributed by atoms with van der Waals surface area (Å²) < 4.78 is 0. The van der Waals surface area contributed by atoms with Crippen LogP contribution in [0.5, 0.6) is 0 Å². The van der Waals surface area contributed by atoms with Gasteiger partial charge in [-0.05, 0) is 0 Å². The predicted octanol–water partition coefficient (Wildman–Crippen LogP) is -0.471. The third-order valence-corrected chi connectivity index (χ3v) is 0.183. The van der Waals surface area contributed by atoms with Gasteiger partial charge in [-0.15, -0.1) is 0 Å². The molecule has 0 aromatic carbocycles. The normalized spacial score (nSPS) is 5.50. The van der Waals surface area contributed by atoms with E-state index in [1.165, 1.54) is 0 Å². The number of quaternary nitrogens is 1. The van der Waals surface area contributed by atoms with Crippen LogP contribution >= 0.6 is 0 Å².